The van der Waals surface area contributed by atoms with Crippen LogP contribution >= 0.6 is 28.6 Å². The Morgan fingerprint density at radius 3 is 2.46 bits per heavy atom. The standard InChI is InChI=1S/C9H9BrF2S/c10-7-5-9(12)8(11)4-6(7)2-1-3-13/h4-5,13H,1-3H2. The van der Waals surface area contributed by atoms with Gasteiger partial charge in [-0.05, 0) is 36.3 Å². The van der Waals surface area contributed by atoms with Crippen molar-refractivity contribution in [1.82, 2.24) is 0 Å². The molecule has 0 nitrogen and oxygen atoms in total. The van der Waals surface area contributed by atoms with Crippen molar-refractivity contribution >= 4 is 28.6 Å². The van der Waals surface area contributed by atoms with Gasteiger partial charge in [0.05, 0.1) is 0 Å². The van der Waals surface area contributed by atoms with E-state index < -0.39 is 11.6 Å². The van der Waals surface area contributed by atoms with Crippen LogP contribution in [0.4, 0.5) is 8.78 Å². The van der Waals surface area contributed by atoms with Crippen LogP contribution in [0.25, 0.3) is 0 Å². The minimum absolute atomic E-state index is 0.619. The second-order valence-electron chi connectivity index (χ2n) is 2.68. The number of aryl methyl sites for hydroxylation is 1. The first kappa shape index (κ1) is 11.0. The zero-order valence-electron chi connectivity index (χ0n) is 6.86. The summed E-state index contributed by atoms with van der Waals surface area (Å²) in [5.74, 6) is -0.871. The molecular weight excluding hydrogens is 258 g/mol. The highest BCUT2D eigenvalue weighted by molar-refractivity contribution is 9.10. The number of rotatable bonds is 3. The Morgan fingerprint density at radius 1 is 1.23 bits per heavy atom. The van der Waals surface area contributed by atoms with Crippen LogP contribution in [-0.4, -0.2) is 5.75 Å². The monoisotopic (exact) mass is 266 g/mol. The SMILES string of the molecule is Fc1cc(Br)c(CCCS)cc1F. The van der Waals surface area contributed by atoms with Crippen LogP contribution in [0, 0.1) is 11.6 Å². The fourth-order valence-corrected chi connectivity index (χ4v) is 1.70. The molecule has 1 aromatic carbocycles. The third kappa shape index (κ3) is 2.95. The van der Waals surface area contributed by atoms with E-state index in [-0.39, 0.29) is 0 Å². The van der Waals surface area contributed by atoms with E-state index in [1.165, 1.54) is 6.07 Å². The summed E-state index contributed by atoms with van der Waals surface area (Å²) in [6, 6.07) is 2.38. The molecule has 0 aliphatic carbocycles. The number of thiol groups is 1. The van der Waals surface area contributed by atoms with E-state index in [9.17, 15) is 8.78 Å². The maximum atomic E-state index is 12.8. The van der Waals surface area contributed by atoms with Crippen LogP contribution in [0.5, 0.6) is 0 Å². The highest BCUT2D eigenvalue weighted by atomic mass is 79.9. The molecule has 0 heterocycles. The molecule has 0 unspecified atom stereocenters. The summed E-state index contributed by atoms with van der Waals surface area (Å²) in [7, 11) is 0. The Labute approximate surface area is 89.9 Å². The number of halogens is 3. The molecule has 0 spiro atoms. The summed E-state index contributed by atoms with van der Waals surface area (Å²) in [5.41, 5.74) is 0.785. The van der Waals surface area contributed by atoms with E-state index in [1.807, 2.05) is 0 Å². The van der Waals surface area contributed by atoms with Gasteiger partial charge in [-0.15, -0.1) is 0 Å². The lowest BCUT2D eigenvalue weighted by Gasteiger charge is -2.03. The Hall–Kier alpha value is -0.0900. The first-order valence-corrected chi connectivity index (χ1v) is 5.32. The zero-order valence-corrected chi connectivity index (χ0v) is 9.34. The predicted octanol–water partition coefficient (Wildman–Crippen LogP) is 3.59. The molecule has 0 saturated heterocycles. The molecule has 0 atom stereocenters. The van der Waals surface area contributed by atoms with Gasteiger partial charge in [0.1, 0.15) is 0 Å². The molecule has 4 heteroatoms. The van der Waals surface area contributed by atoms with Crippen LogP contribution in [0.1, 0.15) is 12.0 Å². The number of hydrogen-bond donors (Lipinski definition) is 1. The van der Waals surface area contributed by atoms with Crippen LogP contribution in [0.3, 0.4) is 0 Å². The highest BCUT2D eigenvalue weighted by Gasteiger charge is 2.07. The molecule has 1 rings (SSSR count). The lowest BCUT2D eigenvalue weighted by Crippen LogP contribution is -1.92. The van der Waals surface area contributed by atoms with Gasteiger partial charge in [-0.1, -0.05) is 15.9 Å². The minimum atomic E-state index is -0.818. The molecule has 0 saturated carbocycles. The van der Waals surface area contributed by atoms with Crippen molar-refractivity contribution in [2.75, 3.05) is 5.75 Å². The van der Waals surface area contributed by atoms with Crippen LogP contribution in [0.15, 0.2) is 16.6 Å². The Morgan fingerprint density at radius 2 is 1.85 bits per heavy atom. The Bertz CT molecular complexity index is 302. The summed E-state index contributed by atoms with van der Waals surface area (Å²) >= 11 is 7.23. The lowest BCUT2D eigenvalue weighted by atomic mass is 10.1. The van der Waals surface area contributed by atoms with Gasteiger partial charge in [0.2, 0.25) is 0 Å². The Kier molecular flexibility index (Phi) is 4.19. The molecule has 0 radical (unpaired) electrons. The molecule has 0 fully saturated rings. The van der Waals surface area contributed by atoms with Crippen LogP contribution in [-0.2, 0) is 6.42 Å². The molecule has 1 aromatic rings. The average molecular weight is 267 g/mol. The van der Waals surface area contributed by atoms with Gasteiger partial charge < -0.3 is 0 Å². The smallest absolute Gasteiger partial charge is 0.159 e. The van der Waals surface area contributed by atoms with Gasteiger partial charge in [-0.3, -0.25) is 0 Å². The fourth-order valence-electron chi connectivity index (χ4n) is 1.02. The molecule has 72 valence electrons. The summed E-state index contributed by atoms with van der Waals surface area (Å²) in [4.78, 5) is 0. The van der Waals surface area contributed by atoms with E-state index in [0.717, 1.165) is 23.8 Å². The molecule has 0 aromatic heterocycles. The molecule has 0 bridgehead atoms. The normalized spacial score (nSPS) is 10.5. The van der Waals surface area contributed by atoms with Gasteiger partial charge >= 0.3 is 0 Å². The van der Waals surface area contributed by atoms with E-state index in [2.05, 4.69) is 28.6 Å². The first-order valence-electron chi connectivity index (χ1n) is 3.89. The zero-order chi connectivity index (χ0) is 9.84. The largest absolute Gasteiger partial charge is 0.204 e. The third-order valence-electron chi connectivity index (χ3n) is 1.69. The van der Waals surface area contributed by atoms with Gasteiger partial charge in [-0.2, -0.15) is 12.6 Å². The van der Waals surface area contributed by atoms with Gasteiger partial charge in [0.15, 0.2) is 11.6 Å². The Balaban J connectivity index is 2.88. The maximum absolute atomic E-state index is 12.8. The predicted molar refractivity (Wildman–Crippen MR) is 56.2 cm³/mol. The quantitative estimate of drug-likeness (QED) is 0.628. The summed E-state index contributed by atoms with van der Waals surface area (Å²) in [6.07, 6.45) is 1.56. The van der Waals surface area contributed by atoms with Crippen molar-refractivity contribution in [3.63, 3.8) is 0 Å². The van der Waals surface area contributed by atoms with Crippen molar-refractivity contribution in [3.8, 4) is 0 Å². The van der Waals surface area contributed by atoms with Crippen molar-refractivity contribution in [3.05, 3.63) is 33.8 Å². The van der Waals surface area contributed by atoms with Gasteiger partial charge in [0.25, 0.3) is 0 Å². The molecular formula is C9H9BrF2S. The average Bonchev–Trinajstić information content (AvgIpc) is 2.09. The summed E-state index contributed by atoms with van der Waals surface area (Å²) in [6.45, 7) is 0. The number of benzene rings is 1. The van der Waals surface area contributed by atoms with Crippen molar-refractivity contribution < 1.29 is 8.78 Å². The highest BCUT2D eigenvalue weighted by Crippen LogP contribution is 2.21. The first-order chi connectivity index (χ1) is 6.15. The van der Waals surface area contributed by atoms with Crippen molar-refractivity contribution in [1.29, 1.82) is 0 Å². The molecule has 0 aliphatic rings. The molecule has 13 heavy (non-hydrogen) atoms. The third-order valence-corrected chi connectivity index (χ3v) is 2.75. The van der Waals surface area contributed by atoms with E-state index in [0.29, 0.717) is 10.9 Å². The van der Waals surface area contributed by atoms with Crippen molar-refractivity contribution in [2.45, 2.75) is 12.8 Å². The van der Waals surface area contributed by atoms with E-state index in [1.54, 1.807) is 0 Å². The minimum Gasteiger partial charge on any atom is -0.204 e. The topological polar surface area (TPSA) is 0 Å². The van der Waals surface area contributed by atoms with Gasteiger partial charge in [-0.25, -0.2) is 8.78 Å². The van der Waals surface area contributed by atoms with Crippen molar-refractivity contribution in [2.24, 2.45) is 0 Å². The van der Waals surface area contributed by atoms with E-state index in [4.69, 9.17) is 0 Å². The summed E-state index contributed by atoms with van der Waals surface area (Å²) in [5, 5.41) is 0. The maximum Gasteiger partial charge on any atom is 0.159 e. The van der Waals surface area contributed by atoms with E-state index >= 15 is 0 Å². The second kappa shape index (κ2) is 4.96. The van der Waals surface area contributed by atoms with Crippen LogP contribution < -0.4 is 0 Å². The van der Waals surface area contributed by atoms with Gasteiger partial charge in [0, 0.05) is 4.47 Å². The lowest BCUT2D eigenvalue weighted by molar-refractivity contribution is 0.506. The molecule has 0 N–H and O–H groups in total. The second-order valence-corrected chi connectivity index (χ2v) is 3.99. The van der Waals surface area contributed by atoms with Crippen LogP contribution in [0.2, 0.25) is 0 Å². The number of hydrogen-bond acceptors (Lipinski definition) is 1. The summed E-state index contributed by atoms with van der Waals surface area (Å²) < 4.78 is 26.1. The molecule has 0 amide bonds. The fraction of sp³-hybridized carbons (Fsp3) is 0.333. The molecule has 0 aliphatic heterocycles.